The Morgan fingerprint density at radius 3 is 1.37 bits per heavy atom. The van der Waals surface area contributed by atoms with Crippen LogP contribution in [0.15, 0.2) is 47.8 Å². The van der Waals surface area contributed by atoms with Crippen molar-refractivity contribution in [1.29, 1.82) is 0 Å². The molecule has 26 N–H and O–H groups in total. The van der Waals surface area contributed by atoms with Gasteiger partial charge in [0.05, 0.1) is 80.3 Å². The lowest BCUT2D eigenvalue weighted by Gasteiger charge is -2.27. The van der Waals surface area contributed by atoms with Gasteiger partial charge in [-0.1, -0.05) is 176 Å². The van der Waals surface area contributed by atoms with E-state index in [1.165, 1.54) is 118 Å². The normalized spacial score (nSPS) is 15.0. The second-order valence-electron chi connectivity index (χ2n) is 37.6. The highest BCUT2D eigenvalue weighted by Crippen LogP contribution is 2.26. The van der Waals surface area contributed by atoms with E-state index in [9.17, 15) is 107 Å². The largest absolute Gasteiger partial charge is 0.396 e. The van der Waals surface area contributed by atoms with Gasteiger partial charge in [0.1, 0.15) is 18.1 Å². The first-order chi connectivity index (χ1) is 65.8. The molecule has 0 saturated heterocycles. The number of nitrogens with two attached hydrogens (primary N) is 6. The van der Waals surface area contributed by atoms with Crippen molar-refractivity contribution in [3.05, 3.63) is 54.1 Å². The van der Waals surface area contributed by atoms with Crippen molar-refractivity contribution in [1.82, 2.24) is 57.8 Å². The van der Waals surface area contributed by atoms with Gasteiger partial charge in [-0.25, -0.2) is 4.98 Å². The number of Topliss-reactive ketones (excluding diaryl/α,β-unsaturated/α-hetero) is 7. The first-order valence-corrected chi connectivity index (χ1v) is 49.8. The molecule has 1 aromatic heterocycles. The number of unbranched alkanes of at least 4 members (excludes halogenated alkanes) is 14. The zero-order valence-electron chi connectivity index (χ0n) is 84.3. The average Bonchev–Trinajstić information content (AvgIpc) is 1.22. The van der Waals surface area contributed by atoms with Crippen LogP contribution in [-0.4, -0.2) is 242 Å². The van der Waals surface area contributed by atoms with Gasteiger partial charge < -0.3 is 108 Å². The van der Waals surface area contributed by atoms with Crippen molar-refractivity contribution in [3.8, 4) is 0 Å². The molecule has 0 aliphatic rings. The topological polar surface area (TPSA) is 694 Å². The van der Waals surface area contributed by atoms with Gasteiger partial charge >= 0.3 is 0 Å². The quantitative estimate of drug-likeness (QED) is 0.0257. The molecule has 1 heterocycles. The van der Waals surface area contributed by atoms with Gasteiger partial charge in [-0.05, 0) is 122 Å². The number of imidazole rings is 1. The van der Waals surface area contributed by atoms with Crippen LogP contribution in [0, 0.1) is 53.3 Å². The minimum atomic E-state index is -1.57. The number of primary amides is 2. The lowest BCUT2D eigenvalue weighted by molar-refractivity contribution is -0.138. The Kier molecular flexibility index (Phi) is 65.2. The van der Waals surface area contributed by atoms with Crippen LogP contribution < -0.4 is 82.3 Å². The van der Waals surface area contributed by atoms with E-state index in [1.54, 1.807) is 34.6 Å². The third kappa shape index (κ3) is 54.1. The Bertz CT molecular complexity index is 4130. The number of hydrogen-bond donors (Lipinski definition) is 20. The summed E-state index contributed by atoms with van der Waals surface area (Å²) in [5.74, 6) is -19.1. The monoisotopic (exact) mass is 1960 g/mol. The van der Waals surface area contributed by atoms with E-state index in [1.807, 2.05) is 30.3 Å². The lowest BCUT2D eigenvalue weighted by Crippen LogP contribution is -2.51. The molecule has 0 spiro atoms. The van der Waals surface area contributed by atoms with Crippen molar-refractivity contribution in [3.63, 3.8) is 0 Å². The number of rotatable bonds is 78. The number of aliphatic imine (C=N–C) groups is 1. The van der Waals surface area contributed by atoms with Crippen molar-refractivity contribution < 1.29 is 107 Å². The maximum atomic E-state index is 14.2. The van der Waals surface area contributed by atoms with E-state index in [-0.39, 0.29) is 100 Å². The number of carbonyl (C=O) groups is 18. The molecule has 2 aromatic rings. The van der Waals surface area contributed by atoms with Gasteiger partial charge in [0, 0.05) is 112 Å². The minimum absolute atomic E-state index is 0.0648. The summed E-state index contributed by atoms with van der Waals surface area (Å²) in [4.78, 5) is 249. The molecular formula is C99H168N18O22. The van der Waals surface area contributed by atoms with Crippen LogP contribution >= 0.6 is 0 Å². The fourth-order valence-electron chi connectivity index (χ4n) is 15.5. The van der Waals surface area contributed by atoms with E-state index >= 15 is 0 Å². The maximum Gasteiger partial charge on any atom is 0.240 e. The molecule has 0 saturated carbocycles. The van der Waals surface area contributed by atoms with Crippen LogP contribution in [0.4, 0.5) is 0 Å². The number of aliphatic hydroxyl groups excluding tert-OH is 4. The van der Waals surface area contributed by atoms with Crippen LogP contribution in [0.3, 0.4) is 0 Å². The molecule has 786 valence electrons. The molecule has 0 fully saturated rings. The number of hydrogen-bond acceptors (Lipinski definition) is 26. The molecule has 0 aliphatic heterocycles. The molecule has 0 aliphatic carbocycles. The summed E-state index contributed by atoms with van der Waals surface area (Å²) in [6.45, 7) is 18.5. The number of amides is 11. The molecule has 0 unspecified atom stereocenters. The lowest BCUT2D eigenvalue weighted by atomic mass is 9.87. The Morgan fingerprint density at radius 2 is 0.885 bits per heavy atom. The van der Waals surface area contributed by atoms with Gasteiger partial charge in [0.15, 0.2) is 46.4 Å². The first-order valence-electron chi connectivity index (χ1n) is 49.8. The SMILES string of the molecule is CC(C)C[C@H](NC(=O)[C@H](C)CC(=O)[C@H](Cc1cnc[nH]1)NC(=O)[C@H](CCC(N)=O)CC(=O)[C@H](C)NC(=O)[C@@H](C)CO)C(=O)C[C@H](C(=O)N[C@@H](CO)C(=O)C[C@H](C(=O)N[C@@H](CCCN=C(N)N)C(N)=O)C(C)C)[C@@H](C)O.CCCCCCCCCCCCCCCC(=O)NCC(=O)N[C@@H](C)C(=O)C[C@@H](CCCCN)C(=O)N[C@@H](Cc1ccccc1)C(=O)C[C@@H](CCCCN)C(=O)N[C@H](C(=O)CC)[C@@H](C)O. The minimum Gasteiger partial charge on any atom is -0.396 e. The van der Waals surface area contributed by atoms with Gasteiger partial charge in [-0.3, -0.25) is 91.3 Å². The molecule has 1 aromatic carbocycles. The van der Waals surface area contributed by atoms with Gasteiger partial charge in [-0.2, -0.15) is 0 Å². The van der Waals surface area contributed by atoms with E-state index in [0.717, 1.165) is 24.8 Å². The Balaban J connectivity index is 0.00000141. The fourth-order valence-corrected chi connectivity index (χ4v) is 15.5. The van der Waals surface area contributed by atoms with Crippen molar-refractivity contribution >= 4 is 111 Å². The summed E-state index contributed by atoms with van der Waals surface area (Å²) in [5.41, 5.74) is 34.2. The highest BCUT2D eigenvalue weighted by atomic mass is 16.3. The zero-order valence-corrected chi connectivity index (χ0v) is 84.3. The molecular weight excluding hydrogens is 1790 g/mol. The van der Waals surface area contributed by atoms with Crippen LogP contribution in [0.1, 0.15) is 300 Å². The summed E-state index contributed by atoms with van der Waals surface area (Å²) in [6, 6.07) is -0.265. The fraction of sp³-hybridized carbons (Fsp3) is 0.717. The molecule has 0 bridgehead atoms. The second kappa shape index (κ2) is 71.7. The number of carbonyl (C=O) groups excluding carboxylic acids is 18. The number of aliphatic hydroxyl groups is 4. The standard InChI is InChI=1S/C50H86N6O8.C49H82N12O14/c1-5-7-8-9-10-11-12-13-14-15-16-17-21-30-46(61)53-36-47(62)54-37(3)44(59)34-40(28-22-24-31-51)49(63)55-42(33-39-26-19-18-20-27-39)45(60)35-41(29-23-25-32-52)50(64)56-48(38(4)57)43(58)6-2;1-24(2)14-35(40(67)19-33(29(8)64)48(75)61-37(22-63)41(68)18-32(25(3)4)47(74)58-34(43(51)70)10-9-13-55-49(52)53)59-44(71)26(5)15-39(66)36(17-31-20-54-23-56-31)60-46(73)30(11-12-42(50)69)16-38(65)28(7)57-45(72)27(6)21-62/h18-20,26-27,37-38,40-42,48,57H,5-17,21-25,28-36,51-52H2,1-4H3,(H,53,61)(H,54,62)(H,55,63)(H,56,64);20,23-30,32-37,62-64H,9-19,21-22H2,1-8H3,(H2,50,69)(H2,51,70)(H,54,56)(H,57,72)(H,58,74)(H,59,71)(H,60,73)(H,61,75)(H4,52,53,55)/t37-,38+,40+,41+,42-,48-;26-,27+,28+,29-,30-,32+,33+,34+,35+,36+,37+/m01/s1. The number of nitrogens with one attached hydrogen (secondary N) is 10. The molecule has 2 rings (SSSR count). The maximum absolute atomic E-state index is 14.2. The molecule has 40 heteroatoms. The van der Waals surface area contributed by atoms with E-state index in [2.05, 4.69) is 69.7 Å². The van der Waals surface area contributed by atoms with Crippen LogP contribution in [0.2, 0.25) is 0 Å². The number of aromatic nitrogens is 2. The molecule has 0 radical (unpaired) electrons. The Hall–Kier alpha value is -10.7. The Labute approximate surface area is 820 Å². The number of H-pyrrole nitrogens is 1. The molecule has 17 atom stereocenters. The zero-order chi connectivity index (χ0) is 105. The van der Waals surface area contributed by atoms with Gasteiger partial charge in [0.25, 0.3) is 0 Å². The number of nitrogens with zero attached hydrogens (tertiary/aromatic N) is 2. The molecule has 139 heavy (non-hydrogen) atoms. The number of guanidine groups is 1. The molecule has 40 nitrogen and oxygen atoms in total. The third-order valence-electron chi connectivity index (χ3n) is 24.5. The average molecular weight is 1960 g/mol. The van der Waals surface area contributed by atoms with Crippen molar-refractivity contribution in [2.45, 2.75) is 362 Å². The summed E-state index contributed by atoms with van der Waals surface area (Å²) in [5, 5.41) is 64.1. The van der Waals surface area contributed by atoms with E-state index in [4.69, 9.17) is 34.4 Å². The first kappa shape index (κ1) is 126. The van der Waals surface area contributed by atoms with Gasteiger partial charge in [0.2, 0.25) is 65.0 Å². The smallest absolute Gasteiger partial charge is 0.240 e. The molecule has 11 amide bonds. The predicted octanol–water partition coefficient (Wildman–Crippen LogP) is 3.30. The number of ketones is 7. The van der Waals surface area contributed by atoms with Crippen LogP contribution in [0.5, 0.6) is 0 Å². The van der Waals surface area contributed by atoms with Crippen molar-refractivity contribution in [2.75, 3.05) is 39.4 Å². The summed E-state index contributed by atoms with van der Waals surface area (Å²) >= 11 is 0. The van der Waals surface area contributed by atoms with Crippen LogP contribution in [-0.2, 0) is 99.1 Å². The number of aromatic amines is 1. The highest BCUT2D eigenvalue weighted by Gasteiger charge is 2.40. The summed E-state index contributed by atoms with van der Waals surface area (Å²) in [6.07, 6.45) is 16.7. The van der Waals surface area contributed by atoms with E-state index < -0.39 is 235 Å². The van der Waals surface area contributed by atoms with Gasteiger partial charge in [-0.15, -0.1) is 0 Å². The number of benzene rings is 1. The summed E-state index contributed by atoms with van der Waals surface area (Å²) in [7, 11) is 0. The summed E-state index contributed by atoms with van der Waals surface area (Å²) < 4.78 is 0. The van der Waals surface area contributed by atoms with E-state index in [0.29, 0.717) is 70.2 Å². The second-order valence-corrected chi connectivity index (χ2v) is 37.6. The van der Waals surface area contributed by atoms with Crippen molar-refractivity contribution in [2.24, 2.45) is 92.7 Å². The van der Waals surface area contributed by atoms with Crippen LogP contribution in [0.25, 0.3) is 0 Å². The third-order valence-corrected chi connectivity index (χ3v) is 24.5. The predicted molar refractivity (Wildman–Crippen MR) is 527 cm³/mol. The highest BCUT2D eigenvalue weighted by molar-refractivity contribution is 6.00. The Morgan fingerprint density at radius 1 is 0.417 bits per heavy atom.